The quantitative estimate of drug-likeness (QED) is 0.789. The molecule has 1 unspecified atom stereocenters. The lowest BCUT2D eigenvalue weighted by molar-refractivity contribution is 0.264. The van der Waals surface area contributed by atoms with Gasteiger partial charge in [-0.05, 0) is 29.7 Å². The maximum absolute atomic E-state index is 9.49. The van der Waals surface area contributed by atoms with Crippen molar-refractivity contribution >= 4 is 5.69 Å². The molecule has 2 aromatic rings. The number of anilines is 1. The van der Waals surface area contributed by atoms with E-state index in [-0.39, 0.29) is 12.5 Å². The number of aliphatic hydroxyl groups is 1. The molecule has 0 radical (unpaired) electrons. The van der Waals surface area contributed by atoms with Crippen molar-refractivity contribution in [1.29, 1.82) is 0 Å². The molecule has 0 amide bonds. The molecule has 0 fully saturated rings. The Bertz CT molecular complexity index is 467. The van der Waals surface area contributed by atoms with Crippen LogP contribution in [-0.2, 0) is 6.42 Å². The zero-order valence-electron chi connectivity index (χ0n) is 9.71. The van der Waals surface area contributed by atoms with Crippen LogP contribution < -0.4 is 5.73 Å². The van der Waals surface area contributed by atoms with Gasteiger partial charge in [-0.3, -0.25) is 0 Å². The fourth-order valence-corrected chi connectivity index (χ4v) is 2.00. The minimum atomic E-state index is 0.112. The van der Waals surface area contributed by atoms with Gasteiger partial charge in [0.2, 0.25) is 0 Å². The number of aliphatic hydroxyl groups excluding tert-OH is 1. The number of rotatable bonds is 4. The van der Waals surface area contributed by atoms with Gasteiger partial charge in [0.25, 0.3) is 0 Å². The highest BCUT2D eigenvalue weighted by atomic mass is 16.3. The van der Waals surface area contributed by atoms with Gasteiger partial charge < -0.3 is 10.8 Å². The van der Waals surface area contributed by atoms with Crippen molar-refractivity contribution in [2.75, 3.05) is 12.3 Å². The Kier molecular flexibility index (Phi) is 3.78. The van der Waals surface area contributed by atoms with E-state index in [0.717, 1.165) is 17.7 Å². The molecular weight excluding hydrogens is 210 g/mol. The molecule has 1 atom stereocenters. The third kappa shape index (κ3) is 3.08. The van der Waals surface area contributed by atoms with Gasteiger partial charge in [-0.25, -0.2) is 0 Å². The van der Waals surface area contributed by atoms with Crippen molar-refractivity contribution < 1.29 is 5.11 Å². The number of nitrogen functional groups attached to an aromatic ring is 1. The van der Waals surface area contributed by atoms with E-state index in [1.807, 2.05) is 42.5 Å². The highest BCUT2D eigenvalue weighted by Gasteiger charge is 2.11. The molecule has 17 heavy (non-hydrogen) atoms. The molecular formula is C15H17NO. The van der Waals surface area contributed by atoms with E-state index >= 15 is 0 Å². The summed E-state index contributed by atoms with van der Waals surface area (Å²) in [4.78, 5) is 0. The Morgan fingerprint density at radius 3 is 2.41 bits per heavy atom. The number of hydrogen-bond acceptors (Lipinski definition) is 2. The van der Waals surface area contributed by atoms with Crippen molar-refractivity contribution in [2.45, 2.75) is 12.3 Å². The molecule has 2 nitrogen and oxygen atoms in total. The van der Waals surface area contributed by atoms with Crippen LogP contribution in [0.25, 0.3) is 0 Å². The first-order valence-corrected chi connectivity index (χ1v) is 5.80. The van der Waals surface area contributed by atoms with Crippen LogP contribution in [0, 0.1) is 0 Å². The van der Waals surface area contributed by atoms with Gasteiger partial charge in [0.15, 0.2) is 0 Å². The molecule has 0 aliphatic heterocycles. The van der Waals surface area contributed by atoms with Gasteiger partial charge in [-0.2, -0.15) is 0 Å². The first kappa shape index (κ1) is 11.7. The maximum Gasteiger partial charge on any atom is 0.0502 e. The lowest BCUT2D eigenvalue weighted by Gasteiger charge is -2.15. The van der Waals surface area contributed by atoms with E-state index in [0.29, 0.717) is 0 Å². The second kappa shape index (κ2) is 5.51. The smallest absolute Gasteiger partial charge is 0.0502 e. The SMILES string of the molecule is Nc1cccc(C(CO)Cc2ccccc2)c1. The van der Waals surface area contributed by atoms with Crippen molar-refractivity contribution in [3.05, 3.63) is 65.7 Å². The molecule has 0 saturated heterocycles. The number of hydrogen-bond donors (Lipinski definition) is 2. The second-order valence-corrected chi connectivity index (χ2v) is 4.24. The highest BCUT2D eigenvalue weighted by Crippen LogP contribution is 2.22. The number of benzene rings is 2. The molecule has 3 N–H and O–H groups in total. The Morgan fingerprint density at radius 2 is 1.76 bits per heavy atom. The average Bonchev–Trinajstić information content (AvgIpc) is 2.37. The summed E-state index contributed by atoms with van der Waals surface area (Å²) in [7, 11) is 0. The van der Waals surface area contributed by atoms with Crippen LogP contribution in [0.4, 0.5) is 5.69 Å². The van der Waals surface area contributed by atoms with E-state index in [2.05, 4.69) is 12.1 Å². The summed E-state index contributed by atoms with van der Waals surface area (Å²) in [5, 5.41) is 9.49. The second-order valence-electron chi connectivity index (χ2n) is 4.24. The summed E-state index contributed by atoms with van der Waals surface area (Å²) in [6.45, 7) is 0.137. The summed E-state index contributed by atoms with van der Waals surface area (Å²) in [6, 6.07) is 17.9. The van der Waals surface area contributed by atoms with E-state index in [9.17, 15) is 5.11 Å². The summed E-state index contributed by atoms with van der Waals surface area (Å²) < 4.78 is 0. The molecule has 88 valence electrons. The topological polar surface area (TPSA) is 46.2 Å². The predicted molar refractivity (Wildman–Crippen MR) is 70.8 cm³/mol. The summed E-state index contributed by atoms with van der Waals surface area (Å²) >= 11 is 0. The van der Waals surface area contributed by atoms with Crippen LogP contribution in [-0.4, -0.2) is 11.7 Å². The zero-order chi connectivity index (χ0) is 12.1. The van der Waals surface area contributed by atoms with Crippen LogP contribution in [0.5, 0.6) is 0 Å². The fourth-order valence-electron chi connectivity index (χ4n) is 2.00. The summed E-state index contributed by atoms with van der Waals surface area (Å²) in [5.74, 6) is 0.112. The zero-order valence-corrected chi connectivity index (χ0v) is 9.71. The van der Waals surface area contributed by atoms with Crippen molar-refractivity contribution in [3.8, 4) is 0 Å². The molecule has 0 aromatic heterocycles. The van der Waals surface area contributed by atoms with Gasteiger partial charge in [-0.1, -0.05) is 42.5 Å². The van der Waals surface area contributed by atoms with Crippen molar-refractivity contribution in [2.24, 2.45) is 0 Å². The molecule has 0 heterocycles. The van der Waals surface area contributed by atoms with Crippen LogP contribution in [0.3, 0.4) is 0 Å². The van der Waals surface area contributed by atoms with Crippen LogP contribution in [0.15, 0.2) is 54.6 Å². The van der Waals surface area contributed by atoms with E-state index in [4.69, 9.17) is 5.73 Å². The molecule has 0 spiro atoms. The lowest BCUT2D eigenvalue weighted by atomic mass is 9.92. The van der Waals surface area contributed by atoms with Crippen molar-refractivity contribution in [3.63, 3.8) is 0 Å². The van der Waals surface area contributed by atoms with Crippen LogP contribution in [0.1, 0.15) is 17.0 Å². The first-order valence-electron chi connectivity index (χ1n) is 5.80. The normalized spacial score (nSPS) is 12.3. The maximum atomic E-state index is 9.49. The molecule has 2 rings (SSSR count). The van der Waals surface area contributed by atoms with Crippen LogP contribution >= 0.6 is 0 Å². The molecule has 2 aromatic carbocycles. The number of nitrogens with two attached hydrogens (primary N) is 1. The van der Waals surface area contributed by atoms with Gasteiger partial charge in [0.1, 0.15) is 0 Å². The van der Waals surface area contributed by atoms with Gasteiger partial charge >= 0.3 is 0 Å². The minimum Gasteiger partial charge on any atom is -0.399 e. The fraction of sp³-hybridized carbons (Fsp3) is 0.200. The van der Waals surface area contributed by atoms with Crippen LogP contribution in [0.2, 0.25) is 0 Å². The predicted octanol–water partition coefficient (Wildman–Crippen LogP) is 2.59. The third-order valence-electron chi connectivity index (χ3n) is 2.93. The Hall–Kier alpha value is -1.80. The summed E-state index contributed by atoms with van der Waals surface area (Å²) in [6.07, 6.45) is 0.834. The van der Waals surface area contributed by atoms with Gasteiger partial charge in [0, 0.05) is 11.6 Å². The largest absolute Gasteiger partial charge is 0.399 e. The molecule has 0 aliphatic rings. The third-order valence-corrected chi connectivity index (χ3v) is 2.93. The highest BCUT2D eigenvalue weighted by molar-refractivity contribution is 5.42. The Labute approximate surface area is 102 Å². The summed E-state index contributed by atoms with van der Waals surface area (Å²) in [5.41, 5.74) is 8.83. The average molecular weight is 227 g/mol. The van der Waals surface area contributed by atoms with Gasteiger partial charge in [-0.15, -0.1) is 0 Å². The molecule has 0 aliphatic carbocycles. The van der Waals surface area contributed by atoms with Crippen molar-refractivity contribution in [1.82, 2.24) is 0 Å². The molecule has 0 bridgehead atoms. The van der Waals surface area contributed by atoms with E-state index in [1.165, 1.54) is 5.56 Å². The molecule has 0 saturated carbocycles. The Morgan fingerprint density at radius 1 is 1.00 bits per heavy atom. The van der Waals surface area contributed by atoms with Gasteiger partial charge in [0.05, 0.1) is 6.61 Å². The van der Waals surface area contributed by atoms with E-state index < -0.39 is 0 Å². The first-order chi connectivity index (χ1) is 8.29. The lowest BCUT2D eigenvalue weighted by Crippen LogP contribution is -2.08. The Balaban J connectivity index is 2.17. The monoisotopic (exact) mass is 227 g/mol. The molecule has 2 heteroatoms. The van der Waals surface area contributed by atoms with E-state index in [1.54, 1.807) is 0 Å². The minimum absolute atomic E-state index is 0.112. The standard InChI is InChI=1S/C15H17NO/c16-15-8-4-7-13(10-15)14(11-17)9-12-5-2-1-3-6-12/h1-8,10,14,17H,9,11,16H2.